The smallest absolute Gasteiger partial charge is 0.337 e. The molecular weight excluding hydrogens is 552 g/mol. The maximum Gasteiger partial charge on any atom is 0.337 e. The van der Waals surface area contributed by atoms with E-state index in [4.69, 9.17) is 28.4 Å². The van der Waals surface area contributed by atoms with Crippen molar-refractivity contribution in [2.75, 3.05) is 34.0 Å². The van der Waals surface area contributed by atoms with E-state index >= 15 is 0 Å². The molecular formula is C26H34O15. The summed E-state index contributed by atoms with van der Waals surface area (Å²) < 4.78 is 32.0. The number of phenolic OH excluding ortho intramolecular Hbond substituents is 2. The minimum atomic E-state index is -1.77. The third kappa shape index (κ3) is 7.52. The Hall–Kier alpha value is -3.28. The maximum atomic E-state index is 12.9. The lowest BCUT2D eigenvalue weighted by atomic mass is 9.86. The zero-order valence-electron chi connectivity index (χ0n) is 22.2. The van der Waals surface area contributed by atoms with E-state index in [1.807, 2.05) is 0 Å². The van der Waals surface area contributed by atoms with Crippen LogP contribution in [0, 0.1) is 5.92 Å². The molecule has 8 unspecified atom stereocenters. The lowest BCUT2D eigenvalue weighted by molar-refractivity contribution is -0.327. The number of phenols is 2. The summed E-state index contributed by atoms with van der Waals surface area (Å²) in [6.45, 7) is -1.59. The number of ether oxygens (including phenoxy) is 6. The van der Waals surface area contributed by atoms with Crippen LogP contribution < -0.4 is 0 Å². The molecule has 2 aliphatic rings. The summed E-state index contributed by atoms with van der Waals surface area (Å²) in [7, 11) is 2.46. The molecule has 0 aliphatic carbocycles. The Kier molecular flexibility index (Phi) is 11.5. The number of esters is 2. The maximum absolute atomic E-state index is 12.9. The largest absolute Gasteiger partial charge is 0.504 e. The fourth-order valence-corrected chi connectivity index (χ4v) is 4.37. The lowest BCUT2D eigenvalue weighted by Crippen LogP contribution is -2.60. The van der Waals surface area contributed by atoms with Crippen LogP contribution in [0.15, 0.2) is 41.7 Å². The van der Waals surface area contributed by atoms with Gasteiger partial charge >= 0.3 is 11.9 Å². The van der Waals surface area contributed by atoms with Crippen LogP contribution in [0.2, 0.25) is 0 Å². The molecule has 2 aliphatic heterocycles. The fourth-order valence-electron chi connectivity index (χ4n) is 4.37. The molecule has 0 bridgehead atoms. The van der Waals surface area contributed by atoms with Crippen molar-refractivity contribution in [1.82, 2.24) is 0 Å². The molecule has 7 N–H and O–H groups in total. The first-order valence-electron chi connectivity index (χ1n) is 12.5. The summed E-state index contributed by atoms with van der Waals surface area (Å²) in [5.41, 5.74) is 0.339. The molecule has 0 radical (unpaired) electrons. The van der Waals surface area contributed by atoms with Crippen LogP contribution in [-0.4, -0.2) is 119 Å². The van der Waals surface area contributed by atoms with Gasteiger partial charge in [-0.15, -0.1) is 0 Å². The van der Waals surface area contributed by atoms with E-state index in [0.717, 1.165) is 13.4 Å². The third-order valence-corrected chi connectivity index (χ3v) is 6.65. The number of aliphatic hydroxyl groups is 5. The van der Waals surface area contributed by atoms with Crippen LogP contribution in [0.1, 0.15) is 18.1 Å². The molecule has 8 atom stereocenters. The van der Waals surface area contributed by atoms with Gasteiger partial charge in [0.2, 0.25) is 6.29 Å². The summed E-state index contributed by atoms with van der Waals surface area (Å²) in [4.78, 5) is 25.4. The second kappa shape index (κ2) is 14.6. The Balaban J connectivity index is 1.79. The van der Waals surface area contributed by atoms with Crippen LogP contribution in [0.25, 0.3) is 0 Å². The molecule has 228 valence electrons. The van der Waals surface area contributed by atoms with Gasteiger partial charge in [0.05, 0.1) is 38.6 Å². The second-order valence-corrected chi connectivity index (χ2v) is 9.17. The molecule has 1 saturated heterocycles. The first kappa shape index (κ1) is 32.2. The Morgan fingerprint density at radius 2 is 1.78 bits per heavy atom. The average molecular weight is 587 g/mol. The number of rotatable bonds is 11. The van der Waals surface area contributed by atoms with Crippen LogP contribution in [0.5, 0.6) is 11.5 Å². The molecule has 3 rings (SSSR count). The van der Waals surface area contributed by atoms with Gasteiger partial charge in [0, 0.05) is 18.6 Å². The SMILES string of the molecule is COC(=O)C1=COC(OC2OC(CO)C(O)C(O)C2O)/C(=C\CO)C1CC(=O)OCC(OC)c1ccc(O)c(O)c1. The van der Waals surface area contributed by atoms with Gasteiger partial charge in [-0.25, -0.2) is 4.79 Å². The summed E-state index contributed by atoms with van der Waals surface area (Å²) in [5.74, 6) is -3.51. The van der Waals surface area contributed by atoms with Crippen molar-refractivity contribution >= 4 is 11.9 Å². The van der Waals surface area contributed by atoms with E-state index < -0.39 is 86.3 Å². The van der Waals surface area contributed by atoms with Gasteiger partial charge in [-0.3, -0.25) is 4.79 Å². The predicted molar refractivity (Wildman–Crippen MR) is 134 cm³/mol. The molecule has 2 heterocycles. The zero-order chi connectivity index (χ0) is 30.3. The Morgan fingerprint density at radius 3 is 2.39 bits per heavy atom. The first-order chi connectivity index (χ1) is 19.6. The molecule has 1 aromatic rings. The fraction of sp³-hybridized carbons (Fsp3) is 0.538. The van der Waals surface area contributed by atoms with E-state index in [0.29, 0.717) is 5.56 Å². The number of benzene rings is 1. The predicted octanol–water partition coefficient (Wildman–Crippen LogP) is -1.52. The van der Waals surface area contributed by atoms with E-state index in [2.05, 4.69) is 0 Å². The van der Waals surface area contributed by atoms with Crippen molar-refractivity contribution < 1.29 is 73.8 Å². The van der Waals surface area contributed by atoms with Crippen LogP contribution in [0.3, 0.4) is 0 Å². The second-order valence-electron chi connectivity index (χ2n) is 9.17. The van der Waals surface area contributed by atoms with Crippen molar-refractivity contribution in [1.29, 1.82) is 0 Å². The Morgan fingerprint density at radius 1 is 1.05 bits per heavy atom. The van der Waals surface area contributed by atoms with Crippen LogP contribution in [0.4, 0.5) is 0 Å². The van der Waals surface area contributed by atoms with Gasteiger partial charge in [-0.2, -0.15) is 0 Å². The average Bonchev–Trinajstić information content (AvgIpc) is 2.96. The van der Waals surface area contributed by atoms with Crippen molar-refractivity contribution in [3.63, 3.8) is 0 Å². The summed E-state index contributed by atoms with van der Waals surface area (Å²) in [6.07, 6.45) is -8.60. The lowest BCUT2D eigenvalue weighted by Gasteiger charge is -2.42. The standard InChI is InChI=1S/C26H34O15/c1-36-19(12-3-4-16(29)17(30)7-12)11-38-20(31)8-14-13(5-6-27)25(39-10-15(14)24(35)37-2)41-26-23(34)22(33)21(32)18(9-28)40-26/h3-5,7,10,14,18-19,21-23,25-30,32-34H,6,8-9,11H2,1-2H3/b13-5-. The number of aliphatic hydroxyl groups excluding tert-OH is 5. The zero-order valence-corrected chi connectivity index (χ0v) is 22.2. The van der Waals surface area contributed by atoms with Gasteiger partial charge in [-0.1, -0.05) is 12.1 Å². The van der Waals surface area contributed by atoms with E-state index in [1.165, 1.54) is 31.4 Å². The Bertz CT molecular complexity index is 1120. The molecule has 1 aromatic carbocycles. The summed E-state index contributed by atoms with van der Waals surface area (Å²) >= 11 is 0. The number of hydrogen-bond acceptors (Lipinski definition) is 15. The molecule has 1 fully saturated rings. The molecule has 0 spiro atoms. The van der Waals surface area contributed by atoms with E-state index in [9.17, 15) is 45.3 Å². The van der Waals surface area contributed by atoms with Crippen molar-refractivity contribution in [3.05, 3.63) is 47.2 Å². The van der Waals surface area contributed by atoms with Crippen LogP contribution >= 0.6 is 0 Å². The quantitative estimate of drug-likeness (QED) is 0.0887. The topological polar surface area (TPSA) is 231 Å². The van der Waals surface area contributed by atoms with Crippen LogP contribution in [-0.2, 0) is 38.0 Å². The van der Waals surface area contributed by atoms with Crippen molar-refractivity contribution in [2.24, 2.45) is 5.92 Å². The van der Waals surface area contributed by atoms with Gasteiger partial charge in [0.25, 0.3) is 0 Å². The van der Waals surface area contributed by atoms with E-state index in [-0.39, 0.29) is 23.5 Å². The molecule has 15 heteroatoms. The van der Waals surface area contributed by atoms with E-state index in [1.54, 1.807) is 0 Å². The van der Waals surface area contributed by atoms with Gasteiger partial charge in [0.1, 0.15) is 37.1 Å². The highest BCUT2D eigenvalue weighted by Gasteiger charge is 2.47. The van der Waals surface area contributed by atoms with Crippen molar-refractivity contribution in [3.8, 4) is 11.5 Å². The van der Waals surface area contributed by atoms with Gasteiger partial charge in [-0.05, 0) is 17.7 Å². The minimum absolute atomic E-state index is 0.0519. The highest BCUT2D eigenvalue weighted by molar-refractivity contribution is 5.90. The van der Waals surface area contributed by atoms with Crippen molar-refractivity contribution in [2.45, 2.75) is 49.5 Å². The molecule has 15 nitrogen and oxygen atoms in total. The number of aromatic hydroxyl groups is 2. The molecule has 41 heavy (non-hydrogen) atoms. The highest BCUT2D eigenvalue weighted by Crippen LogP contribution is 2.36. The summed E-state index contributed by atoms with van der Waals surface area (Å²) in [5, 5.41) is 68.9. The number of hydrogen-bond donors (Lipinski definition) is 7. The Labute approximate surface area is 234 Å². The third-order valence-electron chi connectivity index (χ3n) is 6.65. The summed E-state index contributed by atoms with van der Waals surface area (Å²) in [6, 6.07) is 3.96. The van der Waals surface area contributed by atoms with Gasteiger partial charge in [0.15, 0.2) is 17.8 Å². The first-order valence-corrected chi connectivity index (χ1v) is 12.5. The molecule has 0 saturated carbocycles. The minimum Gasteiger partial charge on any atom is -0.504 e. The normalized spacial score (nSPS) is 29.8. The monoisotopic (exact) mass is 586 g/mol. The molecule has 0 aromatic heterocycles. The number of methoxy groups -OCH3 is 2. The van der Waals surface area contributed by atoms with Gasteiger partial charge < -0.3 is 64.2 Å². The highest BCUT2D eigenvalue weighted by atomic mass is 16.8. The molecule has 0 amide bonds. The number of carbonyl (C=O) groups is 2. The number of carbonyl (C=O) groups excluding carboxylic acids is 2.